The van der Waals surface area contributed by atoms with Gasteiger partial charge in [-0.25, -0.2) is 20.0 Å². The number of benzene rings is 1. The monoisotopic (exact) mass is 404 g/mol. The standard InChI is InChI=1S/C22H32N2O5/c1-6-7-11-18(14-15(2)3)20(25)24(22(27)23-28)19(21(26)29-16(4)5)17-12-9-8-10-13-17/h6,8-10,12-13,15-16,18-19,28H,1,7,11,14H2,2-5H3,(H,23,27). The maximum atomic E-state index is 13.4. The number of amides is 3. The van der Waals surface area contributed by atoms with Gasteiger partial charge in [-0.2, -0.15) is 0 Å². The van der Waals surface area contributed by atoms with Crippen molar-refractivity contribution in [1.82, 2.24) is 10.4 Å². The highest BCUT2D eigenvalue weighted by molar-refractivity contribution is 5.99. The molecule has 2 N–H and O–H groups in total. The maximum Gasteiger partial charge on any atom is 0.348 e. The number of carbonyl (C=O) groups is 3. The minimum atomic E-state index is -1.31. The zero-order valence-corrected chi connectivity index (χ0v) is 17.6. The number of urea groups is 1. The Labute approximate surface area is 172 Å². The summed E-state index contributed by atoms with van der Waals surface area (Å²) in [7, 11) is 0. The van der Waals surface area contributed by atoms with Gasteiger partial charge in [-0.15, -0.1) is 6.58 Å². The molecule has 0 aromatic heterocycles. The van der Waals surface area contributed by atoms with Gasteiger partial charge in [0.2, 0.25) is 5.91 Å². The normalized spacial score (nSPS) is 12.9. The number of carbonyl (C=O) groups excluding carboxylic acids is 3. The number of rotatable bonds is 10. The number of nitrogens with one attached hydrogen (secondary N) is 1. The zero-order valence-electron chi connectivity index (χ0n) is 17.6. The quantitative estimate of drug-likeness (QED) is 0.263. The highest BCUT2D eigenvalue weighted by Crippen LogP contribution is 2.28. The van der Waals surface area contributed by atoms with E-state index in [0.29, 0.717) is 24.8 Å². The Balaban J connectivity index is 3.43. The van der Waals surface area contributed by atoms with Crippen molar-refractivity contribution in [2.24, 2.45) is 11.8 Å². The van der Waals surface area contributed by atoms with Gasteiger partial charge in [-0.3, -0.25) is 10.0 Å². The minimum absolute atomic E-state index is 0.200. The van der Waals surface area contributed by atoms with Crippen molar-refractivity contribution in [2.75, 3.05) is 0 Å². The molecule has 0 aliphatic rings. The lowest BCUT2D eigenvalue weighted by molar-refractivity contribution is -0.158. The molecule has 29 heavy (non-hydrogen) atoms. The maximum absolute atomic E-state index is 13.4. The van der Waals surface area contributed by atoms with Gasteiger partial charge in [0.05, 0.1) is 6.10 Å². The Hall–Kier alpha value is -2.67. The van der Waals surface area contributed by atoms with Crippen molar-refractivity contribution < 1.29 is 24.3 Å². The molecule has 0 saturated heterocycles. The van der Waals surface area contributed by atoms with Crippen LogP contribution < -0.4 is 5.48 Å². The van der Waals surface area contributed by atoms with E-state index in [-0.39, 0.29) is 5.92 Å². The average Bonchev–Trinajstić information content (AvgIpc) is 2.67. The fourth-order valence-electron chi connectivity index (χ4n) is 3.15. The van der Waals surface area contributed by atoms with Gasteiger partial charge in [-0.1, -0.05) is 50.3 Å². The van der Waals surface area contributed by atoms with E-state index in [1.165, 1.54) is 5.48 Å². The van der Waals surface area contributed by atoms with Crippen LogP contribution in [0.3, 0.4) is 0 Å². The summed E-state index contributed by atoms with van der Waals surface area (Å²) in [6.45, 7) is 11.0. The Morgan fingerprint density at radius 2 is 1.79 bits per heavy atom. The smallest absolute Gasteiger partial charge is 0.348 e. The highest BCUT2D eigenvalue weighted by Gasteiger charge is 2.40. The molecule has 7 heteroatoms. The summed E-state index contributed by atoms with van der Waals surface area (Å²) in [4.78, 5) is 39.6. The molecule has 0 saturated carbocycles. The molecule has 0 spiro atoms. The van der Waals surface area contributed by atoms with E-state index < -0.39 is 36.0 Å². The molecule has 1 rings (SSSR count). The molecular formula is C22H32N2O5. The van der Waals surface area contributed by atoms with Crippen LogP contribution in [-0.4, -0.2) is 34.1 Å². The third kappa shape index (κ3) is 7.34. The van der Waals surface area contributed by atoms with Crippen LogP contribution in [0.2, 0.25) is 0 Å². The topological polar surface area (TPSA) is 95.9 Å². The molecule has 3 amide bonds. The minimum Gasteiger partial charge on any atom is -0.461 e. The molecule has 2 unspecified atom stereocenters. The second-order valence-electron chi connectivity index (χ2n) is 7.62. The van der Waals surface area contributed by atoms with Crippen LogP contribution >= 0.6 is 0 Å². The lowest BCUT2D eigenvalue weighted by Crippen LogP contribution is -2.50. The number of esters is 1. The summed E-state index contributed by atoms with van der Waals surface area (Å²) in [5.41, 5.74) is 1.93. The Kier molecular flexibility index (Phi) is 10.1. The summed E-state index contributed by atoms with van der Waals surface area (Å²) in [6, 6.07) is 6.06. The van der Waals surface area contributed by atoms with Gasteiger partial charge < -0.3 is 4.74 Å². The number of ether oxygens (including phenoxy) is 1. The number of hydrogen-bond donors (Lipinski definition) is 2. The number of hydrogen-bond acceptors (Lipinski definition) is 5. The van der Waals surface area contributed by atoms with Crippen LogP contribution in [0.1, 0.15) is 58.6 Å². The summed E-state index contributed by atoms with van der Waals surface area (Å²) < 4.78 is 5.32. The molecule has 0 fully saturated rings. The van der Waals surface area contributed by atoms with Crippen LogP contribution in [0.5, 0.6) is 0 Å². The van der Waals surface area contributed by atoms with Crippen LogP contribution in [0, 0.1) is 11.8 Å². The molecule has 0 aliphatic carbocycles. The van der Waals surface area contributed by atoms with E-state index in [0.717, 1.165) is 4.90 Å². The summed E-state index contributed by atoms with van der Waals surface area (Å²) in [6.07, 6.45) is 2.87. The third-order valence-electron chi connectivity index (χ3n) is 4.32. The molecule has 2 atom stereocenters. The fourth-order valence-corrected chi connectivity index (χ4v) is 3.15. The largest absolute Gasteiger partial charge is 0.461 e. The van der Waals surface area contributed by atoms with E-state index in [9.17, 15) is 19.6 Å². The van der Waals surface area contributed by atoms with Gasteiger partial charge in [0.15, 0.2) is 6.04 Å². The molecule has 7 nitrogen and oxygen atoms in total. The molecule has 0 heterocycles. The van der Waals surface area contributed by atoms with Crippen molar-refractivity contribution in [3.63, 3.8) is 0 Å². The van der Waals surface area contributed by atoms with E-state index in [2.05, 4.69) is 6.58 Å². The van der Waals surface area contributed by atoms with Gasteiger partial charge in [0.1, 0.15) is 0 Å². The predicted molar refractivity (Wildman–Crippen MR) is 110 cm³/mol. The van der Waals surface area contributed by atoms with Crippen molar-refractivity contribution >= 4 is 17.9 Å². The predicted octanol–water partition coefficient (Wildman–Crippen LogP) is 4.24. The number of hydroxylamine groups is 1. The van der Waals surface area contributed by atoms with Gasteiger partial charge in [0, 0.05) is 5.92 Å². The van der Waals surface area contributed by atoms with E-state index >= 15 is 0 Å². The van der Waals surface area contributed by atoms with Crippen LogP contribution in [-0.2, 0) is 14.3 Å². The highest BCUT2D eigenvalue weighted by atomic mass is 16.5. The van der Waals surface area contributed by atoms with E-state index in [4.69, 9.17) is 4.74 Å². The zero-order chi connectivity index (χ0) is 22.0. The third-order valence-corrected chi connectivity index (χ3v) is 4.32. The Morgan fingerprint density at radius 3 is 2.28 bits per heavy atom. The van der Waals surface area contributed by atoms with Gasteiger partial charge in [-0.05, 0) is 44.6 Å². The summed E-state index contributed by atoms with van der Waals surface area (Å²) >= 11 is 0. The second kappa shape index (κ2) is 12.0. The van der Waals surface area contributed by atoms with E-state index in [1.807, 2.05) is 13.8 Å². The van der Waals surface area contributed by atoms with Crippen LogP contribution in [0.25, 0.3) is 0 Å². The summed E-state index contributed by atoms with van der Waals surface area (Å²) in [5.74, 6) is -1.59. The second-order valence-corrected chi connectivity index (χ2v) is 7.62. The first kappa shape index (κ1) is 24.4. The molecule has 0 bridgehead atoms. The molecule has 1 aromatic carbocycles. The van der Waals surface area contributed by atoms with E-state index in [1.54, 1.807) is 50.3 Å². The van der Waals surface area contributed by atoms with Crippen molar-refractivity contribution in [1.29, 1.82) is 0 Å². The first-order valence-corrected chi connectivity index (χ1v) is 9.86. The molecular weight excluding hydrogens is 372 g/mol. The Bertz CT molecular complexity index is 688. The van der Waals surface area contributed by atoms with Crippen molar-refractivity contribution in [3.05, 3.63) is 48.6 Å². The SMILES string of the molecule is C=CCCC(CC(C)C)C(=O)N(C(=O)NO)C(C(=O)OC(C)C)c1ccccc1. The number of nitrogens with zero attached hydrogens (tertiary/aromatic N) is 1. The lowest BCUT2D eigenvalue weighted by atomic mass is 9.90. The lowest BCUT2D eigenvalue weighted by Gasteiger charge is -2.32. The van der Waals surface area contributed by atoms with Crippen LogP contribution in [0.4, 0.5) is 4.79 Å². The first-order chi connectivity index (χ1) is 13.7. The molecule has 0 aliphatic heterocycles. The van der Waals surface area contributed by atoms with Crippen LogP contribution in [0.15, 0.2) is 43.0 Å². The fraction of sp³-hybridized carbons (Fsp3) is 0.500. The molecule has 1 aromatic rings. The number of allylic oxidation sites excluding steroid dienone is 1. The molecule has 0 radical (unpaired) electrons. The van der Waals surface area contributed by atoms with Crippen molar-refractivity contribution in [3.8, 4) is 0 Å². The van der Waals surface area contributed by atoms with Gasteiger partial charge >= 0.3 is 12.0 Å². The Morgan fingerprint density at radius 1 is 1.17 bits per heavy atom. The van der Waals surface area contributed by atoms with Gasteiger partial charge in [0.25, 0.3) is 0 Å². The first-order valence-electron chi connectivity index (χ1n) is 9.86. The van der Waals surface area contributed by atoms with Crippen molar-refractivity contribution in [2.45, 2.75) is 59.1 Å². The number of imide groups is 1. The average molecular weight is 405 g/mol. The summed E-state index contributed by atoms with van der Waals surface area (Å²) in [5, 5.41) is 9.29. The molecule has 160 valence electrons.